The van der Waals surface area contributed by atoms with E-state index in [1.165, 1.54) is 0 Å². The Labute approximate surface area is 157 Å². The fourth-order valence-electron chi connectivity index (χ4n) is 3.45. The molecule has 0 radical (unpaired) electrons. The summed E-state index contributed by atoms with van der Waals surface area (Å²) in [6.07, 6.45) is 5.36. The van der Waals surface area contributed by atoms with Crippen molar-refractivity contribution in [3.05, 3.63) is 65.5 Å². The lowest BCUT2D eigenvalue weighted by Crippen LogP contribution is -2.39. The second-order valence-electron chi connectivity index (χ2n) is 6.81. The summed E-state index contributed by atoms with van der Waals surface area (Å²) in [6.45, 7) is 3.93. The van der Waals surface area contributed by atoms with Crippen molar-refractivity contribution in [1.82, 2.24) is 35.1 Å². The molecule has 1 aliphatic rings. The van der Waals surface area contributed by atoms with Crippen LogP contribution in [0.15, 0.2) is 42.9 Å². The molecule has 1 fully saturated rings. The Morgan fingerprint density at radius 3 is 2.78 bits per heavy atom. The van der Waals surface area contributed by atoms with E-state index in [1.54, 1.807) is 17.2 Å². The maximum atomic E-state index is 12.9. The molecule has 0 aliphatic carbocycles. The van der Waals surface area contributed by atoms with Crippen LogP contribution in [-0.4, -0.2) is 54.1 Å². The molecule has 0 bridgehead atoms. The zero-order valence-electron chi connectivity index (χ0n) is 15.2. The molecule has 2 aromatic heterocycles. The number of nitrogens with zero attached hydrogens (tertiary/aromatic N) is 7. The van der Waals surface area contributed by atoms with Crippen LogP contribution in [0.1, 0.15) is 46.2 Å². The number of aromatic nitrogens is 6. The SMILES string of the molecule is Cc1nnnn1Cc1ccc(C(=O)N2CCCC(c3ccncn3)C2)cc1. The number of amides is 1. The van der Waals surface area contributed by atoms with Gasteiger partial charge in [0.25, 0.3) is 5.91 Å². The van der Waals surface area contributed by atoms with Crippen LogP contribution in [0.5, 0.6) is 0 Å². The molecule has 8 nitrogen and oxygen atoms in total. The van der Waals surface area contributed by atoms with Crippen LogP contribution >= 0.6 is 0 Å². The minimum absolute atomic E-state index is 0.0684. The molecule has 0 N–H and O–H groups in total. The van der Waals surface area contributed by atoms with Crippen molar-refractivity contribution in [3.8, 4) is 0 Å². The summed E-state index contributed by atoms with van der Waals surface area (Å²) in [4.78, 5) is 23.2. The highest BCUT2D eigenvalue weighted by atomic mass is 16.2. The smallest absolute Gasteiger partial charge is 0.253 e. The third-order valence-electron chi connectivity index (χ3n) is 4.98. The molecule has 3 aromatic rings. The summed E-state index contributed by atoms with van der Waals surface area (Å²) in [5, 5.41) is 11.5. The molecule has 1 unspecified atom stereocenters. The minimum atomic E-state index is 0.0684. The molecular formula is C19H21N7O. The van der Waals surface area contributed by atoms with Crippen LogP contribution < -0.4 is 0 Å². The zero-order chi connectivity index (χ0) is 18.6. The largest absolute Gasteiger partial charge is 0.338 e. The Balaban J connectivity index is 1.43. The maximum absolute atomic E-state index is 12.9. The molecule has 8 heteroatoms. The first-order valence-corrected chi connectivity index (χ1v) is 9.07. The molecule has 3 heterocycles. The summed E-state index contributed by atoms with van der Waals surface area (Å²) >= 11 is 0. The van der Waals surface area contributed by atoms with E-state index in [1.807, 2.05) is 42.2 Å². The van der Waals surface area contributed by atoms with E-state index < -0.39 is 0 Å². The van der Waals surface area contributed by atoms with E-state index in [9.17, 15) is 4.79 Å². The first-order chi connectivity index (χ1) is 13.2. The number of likely N-dealkylation sites (tertiary alicyclic amines) is 1. The Morgan fingerprint density at radius 1 is 1.22 bits per heavy atom. The first-order valence-electron chi connectivity index (χ1n) is 9.07. The van der Waals surface area contributed by atoms with Crippen LogP contribution in [-0.2, 0) is 6.54 Å². The quantitative estimate of drug-likeness (QED) is 0.703. The lowest BCUT2D eigenvalue weighted by atomic mass is 9.94. The second kappa shape index (κ2) is 7.61. The van der Waals surface area contributed by atoms with Crippen molar-refractivity contribution in [3.63, 3.8) is 0 Å². The lowest BCUT2D eigenvalue weighted by molar-refractivity contribution is 0.0706. The number of benzene rings is 1. The predicted octanol–water partition coefficient (Wildman–Crippen LogP) is 1.84. The van der Waals surface area contributed by atoms with Gasteiger partial charge in [-0.05, 0) is 54.0 Å². The van der Waals surface area contributed by atoms with Gasteiger partial charge in [-0.3, -0.25) is 4.79 Å². The average molecular weight is 363 g/mol. The van der Waals surface area contributed by atoms with Crippen molar-refractivity contribution in [2.45, 2.75) is 32.2 Å². The predicted molar refractivity (Wildman–Crippen MR) is 98.0 cm³/mol. The molecule has 1 amide bonds. The van der Waals surface area contributed by atoms with Gasteiger partial charge in [-0.25, -0.2) is 14.6 Å². The van der Waals surface area contributed by atoms with Crippen LogP contribution in [0, 0.1) is 6.92 Å². The monoisotopic (exact) mass is 363 g/mol. The van der Waals surface area contributed by atoms with Gasteiger partial charge in [-0.15, -0.1) is 5.10 Å². The van der Waals surface area contributed by atoms with Crippen LogP contribution in [0.3, 0.4) is 0 Å². The number of hydrogen-bond acceptors (Lipinski definition) is 6. The summed E-state index contributed by atoms with van der Waals surface area (Å²) in [6, 6.07) is 9.62. The number of tetrazole rings is 1. The standard InChI is InChI=1S/C19H21N7O/c1-14-22-23-24-26(14)11-15-4-6-16(7-5-15)19(27)25-10-2-3-17(12-25)18-8-9-20-13-21-18/h4-9,13,17H,2-3,10-12H2,1H3. The Kier molecular flexibility index (Phi) is 4.86. The number of hydrogen-bond donors (Lipinski definition) is 0. The number of rotatable bonds is 4. The van der Waals surface area contributed by atoms with E-state index in [2.05, 4.69) is 25.5 Å². The molecule has 0 spiro atoms. The molecule has 1 atom stereocenters. The van der Waals surface area contributed by atoms with Gasteiger partial charge in [0.2, 0.25) is 0 Å². The van der Waals surface area contributed by atoms with Gasteiger partial charge in [-0.2, -0.15) is 0 Å². The van der Waals surface area contributed by atoms with E-state index in [-0.39, 0.29) is 11.8 Å². The summed E-state index contributed by atoms with van der Waals surface area (Å²) < 4.78 is 1.73. The molecule has 1 aromatic carbocycles. The van der Waals surface area contributed by atoms with Crippen molar-refractivity contribution >= 4 is 5.91 Å². The Hall–Kier alpha value is -3.16. The third kappa shape index (κ3) is 3.84. The molecular weight excluding hydrogens is 342 g/mol. The topological polar surface area (TPSA) is 89.7 Å². The van der Waals surface area contributed by atoms with E-state index in [0.29, 0.717) is 18.7 Å². The third-order valence-corrected chi connectivity index (χ3v) is 4.98. The summed E-state index contributed by atoms with van der Waals surface area (Å²) in [7, 11) is 0. The summed E-state index contributed by atoms with van der Waals surface area (Å²) in [5.41, 5.74) is 2.77. The lowest BCUT2D eigenvalue weighted by Gasteiger charge is -2.32. The maximum Gasteiger partial charge on any atom is 0.253 e. The Bertz CT molecular complexity index is 907. The fourth-order valence-corrected chi connectivity index (χ4v) is 3.45. The highest BCUT2D eigenvalue weighted by molar-refractivity contribution is 5.94. The van der Waals surface area contributed by atoms with Crippen LogP contribution in [0.4, 0.5) is 0 Å². The summed E-state index contributed by atoms with van der Waals surface area (Å²) in [5.74, 6) is 1.10. The fraction of sp³-hybridized carbons (Fsp3) is 0.368. The number of piperidine rings is 1. The second-order valence-corrected chi connectivity index (χ2v) is 6.81. The van der Waals surface area contributed by atoms with Gasteiger partial charge in [-0.1, -0.05) is 12.1 Å². The molecule has 4 rings (SSSR count). The molecule has 1 saturated heterocycles. The number of carbonyl (C=O) groups excluding carboxylic acids is 1. The Morgan fingerprint density at radius 2 is 2.07 bits per heavy atom. The van der Waals surface area contributed by atoms with Crippen LogP contribution in [0.2, 0.25) is 0 Å². The molecule has 1 aliphatic heterocycles. The van der Waals surface area contributed by atoms with Crippen molar-refractivity contribution in [2.75, 3.05) is 13.1 Å². The minimum Gasteiger partial charge on any atom is -0.338 e. The molecule has 27 heavy (non-hydrogen) atoms. The number of carbonyl (C=O) groups is 1. The molecule has 138 valence electrons. The van der Waals surface area contributed by atoms with Gasteiger partial charge in [0.05, 0.1) is 6.54 Å². The van der Waals surface area contributed by atoms with Gasteiger partial charge >= 0.3 is 0 Å². The van der Waals surface area contributed by atoms with E-state index in [0.717, 1.165) is 36.5 Å². The van der Waals surface area contributed by atoms with Crippen molar-refractivity contribution in [1.29, 1.82) is 0 Å². The first kappa shape index (κ1) is 17.3. The highest BCUT2D eigenvalue weighted by Crippen LogP contribution is 2.26. The van der Waals surface area contributed by atoms with Crippen LogP contribution in [0.25, 0.3) is 0 Å². The van der Waals surface area contributed by atoms with Gasteiger partial charge in [0.15, 0.2) is 0 Å². The van der Waals surface area contributed by atoms with E-state index in [4.69, 9.17) is 0 Å². The van der Waals surface area contributed by atoms with Gasteiger partial charge < -0.3 is 4.90 Å². The normalized spacial score (nSPS) is 17.1. The van der Waals surface area contributed by atoms with Crippen molar-refractivity contribution < 1.29 is 4.79 Å². The highest BCUT2D eigenvalue weighted by Gasteiger charge is 2.26. The van der Waals surface area contributed by atoms with Gasteiger partial charge in [0, 0.05) is 36.5 Å². The molecule has 0 saturated carbocycles. The number of aryl methyl sites for hydroxylation is 1. The van der Waals surface area contributed by atoms with Crippen molar-refractivity contribution in [2.24, 2.45) is 0 Å². The zero-order valence-corrected chi connectivity index (χ0v) is 15.2. The van der Waals surface area contributed by atoms with E-state index >= 15 is 0 Å². The van der Waals surface area contributed by atoms with Gasteiger partial charge in [0.1, 0.15) is 12.2 Å². The average Bonchev–Trinajstić information content (AvgIpc) is 3.13.